The van der Waals surface area contributed by atoms with Crippen LogP contribution in [0.5, 0.6) is 0 Å². The first-order chi connectivity index (χ1) is 8.43. The van der Waals surface area contributed by atoms with Crippen molar-refractivity contribution in [3.05, 3.63) is 47.5 Å². The number of nitrogens with zero attached hydrogens (tertiary/aromatic N) is 1. The third-order valence-electron chi connectivity index (χ3n) is 2.73. The van der Waals surface area contributed by atoms with Crippen LogP contribution in [0.25, 0.3) is 10.8 Å². The first kappa shape index (κ1) is 12.4. The summed E-state index contributed by atoms with van der Waals surface area (Å²) in [6.07, 6.45) is -4.48. The quantitative estimate of drug-likeness (QED) is 0.844. The van der Waals surface area contributed by atoms with Gasteiger partial charge in [0.1, 0.15) is 6.04 Å². The molecule has 0 aliphatic carbocycles. The Bertz CT molecular complexity index is 626. The van der Waals surface area contributed by atoms with Crippen molar-refractivity contribution in [3.8, 4) is 6.07 Å². The van der Waals surface area contributed by atoms with Crippen molar-refractivity contribution in [2.75, 3.05) is 0 Å². The molecule has 0 unspecified atom stereocenters. The van der Waals surface area contributed by atoms with Crippen molar-refractivity contribution < 1.29 is 13.2 Å². The number of fused-ring (bicyclic) bond motifs is 1. The lowest BCUT2D eigenvalue weighted by Gasteiger charge is -2.17. The Labute approximate surface area is 101 Å². The second-order valence-electron chi connectivity index (χ2n) is 3.91. The lowest BCUT2D eigenvalue weighted by atomic mass is 9.97. The monoisotopic (exact) mass is 250 g/mol. The summed E-state index contributed by atoms with van der Waals surface area (Å²) in [6, 6.07) is 8.96. The van der Waals surface area contributed by atoms with Gasteiger partial charge in [0.05, 0.1) is 11.6 Å². The van der Waals surface area contributed by atoms with Crippen LogP contribution < -0.4 is 5.73 Å². The fraction of sp³-hybridized carbons (Fsp3) is 0.154. The van der Waals surface area contributed by atoms with Gasteiger partial charge in [-0.1, -0.05) is 24.3 Å². The molecule has 2 aromatic rings. The standard InChI is InChI=1S/C13H9F3N2/c14-13(15,16)12(18)11-3-1-2-9-6-8(7-17)4-5-10(9)11/h1-6,12H,18H2/t12-/m0/s1. The summed E-state index contributed by atoms with van der Waals surface area (Å²) in [5.74, 6) is 0. The maximum absolute atomic E-state index is 12.6. The van der Waals surface area contributed by atoms with Gasteiger partial charge in [-0.2, -0.15) is 18.4 Å². The van der Waals surface area contributed by atoms with E-state index >= 15 is 0 Å². The van der Waals surface area contributed by atoms with Crippen molar-refractivity contribution in [2.24, 2.45) is 5.73 Å². The summed E-state index contributed by atoms with van der Waals surface area (Å²) < 4.78 is 37.9. The minimum absolute atomic E-state index is 0.0180. The number of rotatable bonds is 1. The third kappa shape index (κ3) is 2.15. The zero-order chi connectivity index (χ0) is 13.3. The number of nitriles is 1. The summed E-state index contributed by atoms with van der Waals surface area (Å²) in [4.78, 5) is 0. The average molecular weight is 250 g/mol. The lowest BCUT2D eigenvalue weighted by Crippen LogP contribution is -2.28. The minimum atomic E-state index is -4.48. The predicted octanol–water partition coefficient (Wildman–Crippen LogP) is 3.27. The molecule has 0 radical (unpaired) electrons. The first-order valence-electron chi connectivity index (χ1n) is 5.18. The van der Waals surface area contributed by atoms with Gasteiger partial charge in [0, 0.05) is 0 Å². The number of benzene rings is 2. The molecule has 0 aromatic heterocycles. The molecule has 5 heteroatoms. The number of alkyl halides is 3. The Kier molecular flexibility index (Phi) is 2.97. The molecule has 2 nitrogen and oxygen atoms in total. The zero-order valence-corrected chi connectivity index (χ0v) is 9.20. The SMILES string of the molecule is N#Cc1ccc2c([C@H](N)C(F)(F)F)cccc2c1. The van der Waals surface area contributed by atoms with Crippen LogP contribution in [0.4, 0.5) is 13.2 Å². The van der Waals surface area contributed by atoms with E-state index in [1.54, 1.807) is 12.1 Å². The van der Waals surface area contributed by atoms with Crippen molar-refractivity contribution in [1.29, 1.82) is 5.26 Å². The summed E-state index contributed by atoms with van der Waals surface area (Å²) in [7, 11) is 0. The molecule has 92 valence electrons. The Hall–Kier alpha value is -2.06. The first-order valence-corrected chi connectivity index (χ1v) is 5.18. The average Bonchev–Trinajstić information content (AvgIpc) is 2.35. The smallest absolute Gasteiger partial charge is 0.316 e. The number of halogens is 3. The topological polar surface area (TPSA) is 49.8 Å². The second kappa shape index (κ2) is 4.31. The molecule has 0 aliphatic rings. The molecule has 2 rings (SSSR count). The Morgan fingerprint density at radius 3 is 2.50 bits per heavy atom. The minimum Gasteiger partial charge on any atom is -0.316 e. The molecule has 0 amide bonds. The van der Waals surface area contributed by atoms with E-state index < -0.39 is 12.2 Å². The summed E-state index contributed by atoms with van der Waals surface area (Å²) in [5, 5.41) is 9.74. The maximum atomic E-state index is 12.6. The zero-order valence-electron chi connectivity index (χ0n) is 9.20. The van der Waals surface area contributed by atoms with Crippen molar-refractivity contribution in [3.63, 3.8) is 0 Å². The van der Waals surface area contributed by atoms with E-state index in [0.717, 1.165) is 0 Å². The van der Waals surface area contributed by atoms with E-state index in [0.29, 0.717) is 16.3 Å². The molecule has 0 spiro atoms. The summed E-state index contributed by atoms with van der Waals surface area (Å²) in [5.41, 5.74) is 5.64. The van der Waals surface area contributed by atoms with Crippen LogP contribution in [0.1, 0.15) is 17.2 Å². The molecule has 1 atom stereocenters. The third-order valence-corrected chi connectivity index (χ3v) is 2.73. The highest BCUT2D eigenvalue weighted by Crippen LogP contribution is 2.34. The number of hydrogen-bond donors (Lipinski definition) is 1. The van der Waals surface area contributed by atoms with Gasteiger partial charge in [0.25, 0.3) is 0 Å². The van der Waals surface area contributed by atoms with E-state index in [-0.39, 0.29) is 5.56 Å². The highest BCUT2D eigenvalue weighted by atomic mass is 19.4. The molecule has 0 bridgehead atoms. The van der Waals surface area contributed by atoms with Crippen LogP contribution in [-0.4, -0.2) is 6.18 Å². The van der Waals surface area contributed by atoms with Gasteiger partial charge in [-0.15, -0.1) is 0 Å². The van der Waals surface area contributed by atoms with Crippen molar-refractivity contribution >= 4 is 10.8 Å². The van der Waals surface area contributed by atoms with Crippen LogP contribution in [0.2, 0.25) is 0 Å². The van der Waals surface area contributed by atoms with Gasteiger partial charge >= 0.3 is 6.18 Å². The molecule has 2 aromatic carbocycles. The fourth-order valence-corrected chi connectivity index (χ4v) is 1.83. The van der Waals surface area contributed by atoms with Gasteiger partial charge < -0.3 is 5.73 Å². The van der Waals surface area contributed by atoms with Crippen molar-refractivity contribution in [2.45, 2.75) is 12.2 Å². The van der Waals surface area contributed by atoms with Gasteiger partial charge in [-0.25, -0.2) is 0 Å². The highest BCUT2D eigenvalue weighted by molar-refractivity contribution is 5.87. The van der Waals surface area contributed by atoms with Gasteiger partial charge in [0.15, 0.2) is 0 Å². The van der Waals surface area contributed by atoms with Crippen LogP contribution in [0.15, 0.2) is 36.4 Å². The fourth-order valence-electron chi connectivity index (χ4n) is 1.83. The van der Waals surface area contributed by atoms with Crippen LogP contribution >= 0.6 is 0 Å². The molecule has 0 saturated heterocycles. The Morgan fingerprint density at radius 2 is 1.89 bits per heavy atom. The lowest BCUT2D eigenvalue weighted by molar-refractivity contribution is -0.148. The molecule has 0 aliphatic heterocycles. The van der Waals surface area contributed by atoms with Crippen molar-refractivity contribution in [1.82, 2.24) is 0 Å². The number of hydrogen-bond acceptors (Lipinski definition) is 2. The van der Waals surface area contributed by atoms with Crippen LogP contribution in [0.3, 0.4) is 0 Å². The van der Waals surface area contributed by atoms with E-state index in [9.17, 15) is 13.2 Å². The largest absolute Gasteiger partial charge is 0.407 e. The molecule has 2 N–H and O–H groups in total. The normalized spacial score (nSPS) is 13.3. The Balaban J connectivity index is 2.63. The molecule has 0 fully saturated rings. The molecule has 0 heterocycles. The maximum Gasteiger partial charge on any atom is 0.407 e. The van der Waals surface area contributed by atoms with Crippen LogP contribution in [0, 0.1) is 11.3 Å². The van der Waals surface area contributed by atoms with Gasteiger partial charge in [-0.3, -0.25) is 0 Å². The van der Waals surface area contributed by atoms with Crippen LogP contribution in [-0.2, 0) is 0 Å². The van der Waals surface area contributed by atoms with E-state index in [2.05, 4.69) is 0 Å². The molecule has 18 heavy (non-hydrogen) atoms. The van der Waals surface area contributed by atoms with Gasteiger partial charge in [-0.05, 0) is 28.5 Å². The second-order valence-corrected chi connectivity index (χ2v) is 3.91. The van der Waals surface area contributed by atoms with E-state index in [1.807, 2.05) is 6.07 Å². The van der Waals surface area contributed by atoms with Gasteiger partial charge in [0.2, 0.25) is 0 Å². The summed E-state index contributed by atoms with van der Waals surface area (Å²) >= 11 is 0. The highest BCUT2D eigenvalue weighted by Gasteiger charge is 2.38. The summed E-state index contributed by atoms with van der Waals surface area (Å²) in [6.45, 7) is 0. The van der Waals surface area contributed by atoms with E-state index in [4.69, 9.17) is 11.0 Å². The molecular weight excluding hydrogens is 241 g/mol. The molecular formula is C13H9F3N2. The van der Waals surface area contributed by atoms with E-state index in [1.165, 1.54) is 24.3 Å². The Morgan fingerprint density at radius 1 is 1.17 bits per heavy atom. The number of nitrogens with two attached hydrogens (primary N) is 1. The predicted molar refractivity (Wildman–Crippen MR) is 61.6 cm³/mol. The molecule has 0 saturated carbocycles.